The van der Waals surface area contributed by atoms with Gasteiger partial charge in [0.15, 0.2) is 0 Å². The molecule has 0 saturated heterocycles. The van der Waals surface area contributed by atoms with Crippen LogP contribution < -0.4 is 0 Å². The second-order valence-electron chi connectivity index (χ2n) is 6.05. The van der Waals surface area contributed by atoms with E-state index in [0.29, 0.717) is 0 Å². The minimum atomic E-state index is 0.939. The third kappa shape index (κ3) is 4.55. The zero-order valence-corrected chi connectivity index (χ0v) is 15.2. The van der Waals surface area contributed by atoms with Crippen molar-refractivity contribution in [3.05, 3.63) is 58.8 Å². The molecule has 0 aliphatic heterocycles. The van der Waals surface area contributed by atoms with Gasteiger partial charge in [-0.1, -0.05) is 0 Å². The highest BCUT2D eigenvalue weighted by Gasteiger charge is 2.11. The van der Waals surface area contributed by atoms with Crippen molar-refractivity contribution in [3.63, 3.8) is 0 Å². The second-order valence-corrected chi connectivity index (χ2v) is 7.42. The number of imidazole rings is 2. The molecule has 6 heteroatoms. The van der Waals surface area contributed by atoms with Gasteiger partial charge in [-0.15, -0.1) is 11.3 Å². The van der Waals surface area contributed by atoms with Gasteiger partial charge in [-0.2, -0.15) is 0 Å². The van der Waals surface area contributed by atoms with Gasteiger partial charge >= 0.3 is 0 Å². The third-order valence-electron chi connectivity index (χ3n) is 4.15. The van der Waals surface area contributed by atoms with Gasteiger partial charge in [0, 0.05) is 61.1 Å². The summed E-state index contributed by atoms with van der Waals surface area (Å²) in [5.41, 5.74) is 1.29. The minimum absolute atomic E-state index is 0.939. The first kappa shape index (κ1) is 16.9. The number of hydrogen-bond donors (Lipinski definition) is 0. The van der Waals surface area contributed by atoms with E-state index in [2.05, 4.69) is 50.0 Å². The topological polar surface area (TPSA) is 38.9 Å². The molecule has 0 spiro atoms. The Labute approximate surface area is 147 Å². The monoisotopic (exact) mass is 343 g/mol. The summed E-state index contributed by atoms with van der Waals surface area (Å²) in [5, 5.41) is 0. The maximum atomic E-state index is 4.30. The molecule has 0 aromatic carbocycles. The molecule has 3 heterocycles. The molecule has 0 aliphatic rings. The van der Waals surface area contributed by atoms with E-state index in [-0.39, 0.29) is 0 Å². The summed E-state index contributed by atoms with van der Waals surface area (Å²) in [6.07, 6.45) is 10.8. The molecule has 0 amide bonds. The Morgan fingerprint density at radius 3 is 2.79 bits per heavy atom. The van der Waals surface area contributed by atoms with Crippen molar-refractivity contribution in [2.45, 2.75) is 46.4 Å². The third-order valence-corrected chi connectivity index (χ3v) is 5.14. The van der Waals surface area contributed by atoms with Crippen LogP contribution in [0.1, 0.15) is 28.8 Å². The largest absolute Gasteiger partial charge is 0.337 e. The Morgan fingerprint density at radius 2 is 2.08 bits per heavy atom. The van der Waals surface area contributed by atoms with Crippen LogP contribution in [0.3, 0.4) is 0 Å². The number of thiophene rings is 1. The predicted molar refractivity (Wildman–Crippen MR) is 97.9 cm³/mol. The zero-order chi connectivity index (χ0) is 16.8. The van der Waals surface area contributed by atoms with Crippen LogP contribution in [-0.4, -0.2) is 30.5 Å². The van der Waals surface area contributed by atoms with Gasteiger partial charge in [-0.3, -0.25) is 4.90 Å². The van der Waals surface area contributed by atoms with E-state index < -0.39 is 0 Å². The number of aromatic nitrogens is 4. The fourth-order valence-corrected chi connectivity index (χ4v) is 3.83. The lowest BCUT2D eigenvalue weighted by molar-refractivity contribution is 0.244. The lowest BCUT2D eigenvalue weighted by Gasteiger charge is -2.22. The molecule has 0 atom stereocenters. The average molecular weight is 344 g/mol. The van der Waals surface area contributed by atoms with E-state index in [1.807, 2.05) is 42.6 Å². The molecule has 0 unspecified atom stereocenters. The van der Waals surface area contributed by atoms with Crippen LogP contribution in [0.4, 0.5) is 0 Å². The molecule has 0 saturated carbocycles. The first-order valence-corrected chi connectivity index (χ1v) is 9.28. The van der Waals surface area contributed by atoms with E-state index in [4.69, 9.17) is 0 Å². The summed E-state index contributed by atoms with van der Waals surface area (Å²) >= 11 is 1.89. The summed E-state index contributed by atoms with van der Waals surface area (Å²) in [7, 11) is 0. The molecule has 0 radical (unpaired) electrons. The number of rotatable bonds is 9. The molecule has 0 fully saturated rings. The maximum Gasteiger partial charge on any atom is 0.0948 e. The van der Waals surface area contributed by atoms with Crippen molar-refractivity contribution >= 4 is 11.3 Å². The lowest BCUT2D eigenvalue weighted by Crippen LogP contribution is -2.25. The van der Waals surface area contributed by atoms with Crippen molar-refractivity contribution in [2.75, 3.05) is 6.54 Å². The van der Waals surface area contributed by atoms with E-state index in [1.165, 1.54) is 15.4 Å². The minimum Gasteiger partial charge on any atom is -0.337 e. The summed E-state index contributed by atoms with van der Waals surface area (Å²) in [4.78, 5) is 13.7. The van der Waals surface area contributed by atoms with Gasteiger partial charge in [-0.05, 0) is 32.4 Å². The van der Waals surface area contributed by atoms with Gasteiger partial charge in [0.25, 0.3) is 0 Å². The quantitative estimate of drug-likeness (QED) is 0.596. The highest BCUT2D eigenvalue weighted by atomic mass is 32.1. The predicted octanol–water partition coefficient (Wildman–Crippen LogP) is 3.56. The average Bonchev–Trinajstić information content (AvgIpc) is 3.30. The van der Waals surface area contributed by atoms with Crippen LogP contribution in [0.5, 0.6) is 0 Å². The van der Waals surface area contributed by atoms with Gasteiger partial charge in [0.1, 0.15) is 0 Å². The molecule has 24 heavy (non-hydrogen) atoms. The van der Waals surface area contributed by atoms with Gasteiger partial charge < -0.3 is 9.13 Å². The summed E-state index contributed by atoms with van der Waals surface area (Å²) in [6.45, 7) is 9.31. The Morgan fingerprint density at radius 1 is 1.17 bits per heavy atom. The first-order chi connectivity index (χ1) is 11.7. The molecule has 128 valence electrons. The van der Waals surface area contributed by atoms with Crippen molar-refractivity contribution in [3.8, 4) is 0 Å². The number of aryl methyl sites for hydroxylation is 3. The van der Waals surface area contributed by atoms with Crippen LogP contribution >= 0.6 is 11.3 Å². The van der Waals surface area contributed by atoms with Gasteiger partial charge in [0.2, 0.25) is 0 Å². The summed E-state index contributed by atoms with van der Waals surface area (Å²) in [5.74, 6) is 0. The molecule has 5 nitrogen and oxygen atoms in total. The Bertz CT molecular complexity index is 728. The number of nitrogens with zero attached hydrogens (tertiary/aromatic N) is 5. The maximum absolute atomic E-state index is 4.30. The van der Waals surface area contributed by atoms with Crippen LogP contribution in [0, 0.1) is 6.92 Å². The summed E-state index contributed by atoms with van der Waals surface area (Å²) in [6, 6.07) is 4.46. The fraction of sp³-hybridized carbons (Fsp3) is 0.444. The van der Waals surface area contributed by atoms with Crippen molar-refractivity contribution in [2.24, 2.45) is 0 Å². The Kier molecular flexibility index (Phi) is 5.82. The van der Waals surface area contributed by atoms with Crippen molar-refractivity contribution < 1.29 is 0 Å². The van der Waals surface area contributed by atoms with Crippen molar-refractivity contribution in [1.82, 2.24) is 24.0 Å². The Hall–Kier alpha value is -1.92. The highest BCUT2D eigenvalue weighted by Crippen LogP contribution is 2.19. The normalized spacial score (nSPS) is 11.5. The van der Waals surface area contributed by atoms with E-state index >= 15 is 0 Å². The molecule has 3 rings (SSSR count). The van der Waals surface area contributed by atoms with E-state index in [1.54, 1.807) is 0 Å². The molecule has 0 aliphatic carbocycles. The zero-order valence-electron chi connectivity index (χ0n) is 14.4. The highest BCUT2D eigenvalue weighted by molar-refractivity contribution is 7.11. The van der Waals surface area contributed by atoms with Gasteiger partial charge in [0.05, 0.1) is 18.3 Å². The summed E-state index contributed by atoms with van der Waals surface area (Å²) < 4.78 is 4.37. The molecule has 0 bridgehead atoms. The fourth-order valence-electron chi connectivity index (χ4n) is 2.89. The number of hydrogen-bond acceptors (Lipinski definition) is 4. The smallest absolute Gasteiger partial charge is 0.0948 e. The Balaban J connectivity index is 1.63. The molecule has 3 aromatic rings. The van der Waals surface area contributed by atoms with Crippen LogP contribution in [0.2, 0.25) is 0 Å². The molecular formula is C18H25N5S. The van der Waals surface area contributed by atoms with E-state index in [9.17, 15) is 0 Å². The second kappa shape index (κ2) is 8.26. The lowest BCUT2D eigenvalue weighted by atomic mass is 10.3. The van der Waals surface area contributed by atoms with E-state index in [0.717, 1.165) is 39.1 Å². The van der Waals surface area contributed by atoms with Crippen LogP contribution in [0.25, 0.3) is 0 Å². The molecule has 3 aromatic heterocycles. The molecule has 0 N–H and O–H groups in total. The standard InChI is InChI=1S/C18H25N5S/c1-3-23-15-20-11-17(23)12-22(13-18-6-5-16(2)24-18)9-4-8-21-10-7-19-14-21/h5-7,10-11,14-15H,3-4,8-9,12-13H2,1-2H3. The molecular weight excluding hydrogens is 318 g/mol. The SMILES string of the molecule is CCn1cncc1CN(CCCn1ccnc1)Cc1ccc(C)s1. The van der Waals surface area contributed by atoms with Gasteiger partial charge in [-0.25, -0.2) is 9.97 Å². The van der Waals surface area contributed by atoms with Crippen LogP contribution in [-0.2, 0) is 26.2 Å². The van der Waals surface area contributed by atoms with Crippen LogP contribution in [0.15, 0.2) is 43.4 Å². The van der Waals surface area contributed by atoms with Crippen molar-refractivity contribution in [1.29, 1.82) is 0 Å². The first-order valence-electron chi connectivity index (χ1n) is 8.47.